The Bertz CT molecular complexity index is 1390. The van der Waals surface area contributed by atoms with Crippen LogP contribution in [0.3, 0.4) is 0 Å². The van der Waals surface area contributed by atoms with Gasteiger partial charge in [-0.05, 0) is 78.7 Å². The molecule has 4 rings (SSSR count). The molecule has 0 aliphatic carbocycles. The lowest BCUT2D eigenvalue weighted by Gasteiger charge is -2.12. The van der Waals surface area contributed by atoms with Gasteiger partial charge in [-0.15, -0.1) is 0 Å². The zero-order valence-corrected chi connectivity index (χ0v) is 20.9. The smallest absolute Gasteiger partial charge is 0.241 e. The van der Waals surface area contributed by atoms with Gasteiger partial charge in [0.1, 0.15) is 0 Å². The van der Waals surface area contributed by atoms with Crippen LogP contribution in [0.1, 0.15) is 36.0 Å². The second-order valence-electron chi connectivity index (χ2n) is 8.77. The van der Waals surface area contributed by atoms with Crippen molar-refractivity contribution >= 4 is 40.4 Å². The van der Waals surface area contributed by atoms with E-state index in [2.05, 4.69) is 25.9 Å². The number of carbonyl (C=O) groups is 2. The maximum Gasteiger partial charge on any atom is 0.241 e. The van der Waals surface area contributed by atoms with Crippen LogP contribution < -0.4 is 22.1 Å². The van der Waals surface area contributed by atoms with Crippen molar-refractivity contribution in [2.45, 2.75) is 38.3 Å². The quantitative estimate of drug-likeness (QED) is 0.0950. The number of unbranched alkanes of at least 4 members (excludes halogenated alkanes) is 1. The second kappa shape index (κ2) is 12.7. The van der Waals surface area contributed by atoms with E-state index in [-0.39, 0.29) is 18.2 Å². The Hall–Kier alpha value is -4.42. The molecule has 38 heavy (non-hydrogen) atoms. The van der Waals surface area contributed by atoms with Crippen LogP contribution in [0.2, 0.25) is 0 Å². The van der Waals surface area contributed by atoms with Crippen molar-refractivity contribution in [3.8, 4) is 11.5 Å². The van der Waals surface area contributed by atoms with Crippen molar-refractivity contribution in [2.24, 2.45) is 11.5 Å². The molecule has 0 spiro atoms. The Balaban J connectivity index is 1.51. The molecule has 2 aromatic heterocycles. The number of carbonyl (C=O) groups excluding carboxylic acids is 2. The SMILES string of the molecule is N=CCCNc1nonc1-c1nc2ccccc2n1CC(=O)c1ccc(NC(=O)[C@@H](N)CCCCN)cc1. The summed E-state index contributed by atoms with van der Waals surface area (Å²) in [6.45, 7) is 1.05. The second-order valence-corrected chi connectivity index (χ2v) is 8.77. The van der Waals surface area contributed by atoms with Gasteiger partial charge in [-0.25, -0.2) is 9.61 Å². The van der Waals surface area contributed by atoms with Crippen LogP contribution in [-0.2, 0) is 11.3 Å². The predicted molar refractivity (Wildman–Crippen MR) is 145 cm³/mol. The molecule has 198 valence electrons. The molecule has 0 saturated heterocycles. The predicted octanol–water partition coefficient (Wildman–Crippen LogP) is 2.82. The molecular weight excluding hydrogens is 486 g/mol. The summed E-state index contributed by atoms with van der Waals surface area (Å²) in [6.07, 6.45) is 3.97. The zero-order chi connectivity index (χ0) is 26.9. The summed E-state index contributed by atoms with van der Waals surface area (Å²) >= 11 is 0. The van der Waals surface area contributed by atoms with Gasteiger partial charge in [0.25, 0.3) is 0 Å². The first kappa shape index (κ1) is 26.6. The number of hydrogen-bond donors (Lipinski definition) is 5. The Morgan fingerprint density at radius 1 is 1.11 bits per heavy atom. The number of hydrogen-bond acceptors (Lipinski definition) is 10. The number of benzene rings is 2. The van der Waals surface area contributed by atoms with E-state index in [1.807, 2.05) is 24.3 Å². The lowest BCUT2D eigenvalue weighted by molar-refractivity contribution is -0.117. The molecule has 2 heterocycles. The standard InChI is InChI=1S/C26H31N9O3/c27-13-4-3-6-19(29)26(37)31-18-11-9-17(10-12-18)22(36)16-35-21-8-2-1-7-20(21)32-25(35)23-24(34-38-33-23)30-15-5-14-28/h1-2,7-12,14,19,28H,3-6,13,15-16,27,29H2,(H,30,34)(H,31,37)/t19-/m0/s1. The van der Waals surface area contributed by atoms with Gasteiger partial charge >= 0.3 is 0 Å². The van der Waals surface area contributed by atoms with Crippen LogP contribution in [0.5, 0.6) is 0 Å². The monoisotopic (exact) mass is 517 g/mol. The molecule has 0 saturated carbocycles. The molecule has 2 aromatic carbocycles. The highest BCUT2D eigenvalue weighted by Gasteiger charge is 2.22. The third-order valence-electron chi connectivity index (χ3n) is 6.02. The number of imidazole rings is 1. The van der Waals surface area contributed by atoms with Gasteiger partial charge in [0.15, 0.2) is 17.3 Å². The van der Waals surface area contributed by atoms with Crippen LogP contribution in [0.15, 0.2) is 53.2 Å². The van der Waals surface area contributed by atoms with Gasteiger partial charge in [0.2, 0.25) is 11.7 Å². The average Bonchev–Trinajstić information content (AvgIpc) is 3.53. The van der Waals surface area contributed by atoms with E-state index >= 15 is 0 Å². The average molecular weight is 518 g/mol. The number of rotatable bonds is 14. The number of ketones is 1. The summed E-state index contributed by atoms with van der Waals surface area (Å²) in [6, 6.07) is 13.5. The molecule has 0 aliphatic heterocycles. The zero-order valence-electron chi connectivity index (χ0n) is 20.9. The maximum atomic E-state index is 13.3. The summed E-state index contributed by atoms with van der Waals surface area (Å²) in [7, 11) is 0. The van der Waals surface area contributed by atoms with Crippen LogP contribution in [0, 0.1) is 5.41 Å². The third-order valence-corrected chi connectivity index (χ3v) is 6.02. The van der Waals surface area contributed by atoms with Crippen LogP contribution in [0.25, 0.3) is 22.6 Å². The Labute approximate surface area is 219 Å². The van der Waals surface area contributed by atoms with E-state index in [0.717, 1.165) is 18.4 Å². The van der Waals surface area contributed by atoms with Crippen LogP contribution in [-0.4, -0.2) is 56.9 Å². The largest absolute Gasteiger partial charge is 0.365 e. The summed E-state index contributed by atoms with van der Waals surface area (Å²) in [5, 5.41) is 21.0. The summed E-state index contributed by atoms with van der Waals surface area (Å²) in [4.78, 5) is 30.3. The Morgan fingerprint density at radius 3 is 2.66 bits per heavy atom. The minimum Gasteiger partial charge on any atom is -0.365 e. The van der Waals surface area contributed by atoms with E-state index in [1.54, 1.807) is 28.8 Å². The summed E-state index contributed by atoms with van der Waals surface area (Å²) in [5.41, 5.74) is 14.3. The topological polar surface area (TPSA) is 191 Å². The lowest BCUT2D eigenvalue weighted by atomic mass is 10.1. The molecule has 0 unspecified atom stereocenters. The molecule has 7 N–H and O–H groups in total. The molecule has 0 fully saturated rings. The van der Waals surface area contributed by atoms with E-state index in [4.69, 9.17) is 21.5 Å². The lowest BCUT2D eigenvalue weighted by Crippen LogP contribution is -2.35. The van der Waals surface area contributed by atoms with Gasteiger partial charge in [0.05, 0.1) is 23.6 Å². The number of amides is 1. The summed E-state index contributed by atoms with van der Waals surface area (Å²) in [5.74, 6) is 0.394. The van der Waals surface area contributed by atoms with E-state index in [9.17, 15) is 9.59 Å². The van der Waals surface area contributed by atoms with E-state index < -0.39 is 6.04 Å². The van der Waals surface area contributed by atoms with Gasteiger partial charge in [-0.2, -0.15) is 0 Å². The van der Waals surface area contributed by atoms with Crippen molar-refractivity contribution < 1.29 is 14.2 Å². The van der Waals surface area contributed by atoms with Crippen molar-refractivity contribution in [3.05, 3.63) is 54.1 Å². The number of Topliss-reactive ketones (excluding diaryl/α,β-unsaturated/α-hetero) is 1. The number of nitrogens with two attached hydrogens (primary N) is 2. The molecule has 0 aliphatic rings. The normalized spacial score (nSPS) is 11.8. The molecule has 0 bridgehead atoms. The maximum absolute atomic E-state index is 13.3. The molecule has 1 amide bonds. The minimum atomic E-state index is -0.619. The Kier molecular flexibility index (Phi) is 8.90. The first-order valence-corrected chi connectivity index (χ1v) is 12.4. The number of para-hydroxylation sites is 2. The number of nitrogens with zero attached hydrogens (tertiary/aromatic N) is 4. The minimum absolute atomic E-state index is 0.000364. The van der Waals surface area contributed by atoms with Crippen LogP contribution >= 0.6 is 0 Å². The van der Waals surface area contributed by atoms with Crippen molar-refractivity contribution in [3.63, 3.8) is 0 Å². The highest BCUT2D eigenvalue weighted by molar-refractivity contribution is 5.99. The highest BCUT2D eigenvalue weighted by Crippen LogP contribution is 2.28. The fourth-order valence-corrected chi connectivity index (χ4v) is 3.98. The highest BCUT2D eigenvalue weighted by atomic mass is 16.6. The molecule has 4 aromatic rings. The van der Waals surface area contributed by atoms with Crippen molar-refractivity contribution in [2.75, 3.05) is 23.7 Å². The van der Waals surface area contributed by atoms with Gasteiger partial charge in [-0.1, -0.05) is 18.6 Å². The molecule has 0 radical (unpaired) electrons. The molecule has 1 atom stereocenters. The van der Waals surface area contributed by atoms with Crippen molar-refractivity contribution in [1.82, 2.24) is 19.9 Å². The number of nitrogens with one attached hydrogen (secondary N) is 3. The first-order chi connectivity index (χ1) is 18.5. The molecule has 12 heteroatoms. The first-order valence-electron chi connectivity index (χ1n) is 12.4. The number of aromatic nitrogens is 4. The molecular formula is C26H31N9O3. The van der Waals surface area contributed by atoms with Gasteiger partial charge in [0, 0.05) is 17.8 Å². The molecule has 12 nitrogen and oxygen atoms in total. The van der Waals surface area contributed by atoms with E-state index in [1.165, 1.54) is 6.21 Å². The van der Waals surface area contributed by atoms with E-state index in [0.29, 0.717) is 60.0 Å². The third kappa shape index (κ3) is 6.28. The number of fused-ring (bicyclic) bond motifs is 1. The fraction of sp³-hybridized carbons (Fsp3) is 0.308. The Morgan fingerprint density at radius 2 is 1.89 bits per heavy atom. The fourth-order valence-electron chi connectivity index (χ4n) is 3.98. The van der Waals surface area contributed by atoms with Gasteiger partial charge in [-0.3, -0.25) is 9.59 Å². The van der Waals surface area contributed by atoms with Crippen LogP contribution in [0.4, 0.5) is 11.5 Å². The van der Waals surface area contributed by atoms with Crippen molar-refractivity contribution in [1.29, 1.82) is 5.41 Å². The number of anilines is 2. The summed E-state index contributed by atoms with van der Waals surface area (Å²) < 4.78 is 6.73. The van der Waals surface area contributed by atoms with Gasteiger partial charge < -0.3 is 32.1 Å².